The number of nitrogens with zero attached hydrogens (tertiary/aromatic N) is 2. The molecule has 114 valence electrons. The topological polar surface area (TPSA) is 133 Å². The Balaban J connectivity index is 2.12. The zero-order chi connectivity index (χ0) is 15.2. The zero-order valence-corrected chi connectivity index (χ0v) is 11.6. The number of hydrogen-bond acceptors (Lipinski definition) is 5. The van der Waals surface area contributed by atoms with Gasteiger partial charge in [0.1, 0.15) is 5.69 Å². The van der Waals surface area contributed by atoms with Gasteiger partial charge in [-0.05, 0) is 24.8 Å². The van der Waals surface area contributed by atoms with Crippen molar-refractivity contribution < 1.29 is 10.0 Å². The van der Waals surface area contributed by atoms with Crippen LogP contribution in [0.3, 0.4) is 0 Å². The molecule has 8 heteroatoms. The van der Waals surface area contributed by atoms with Crippen LogP contribution in [0.2, 0.25) is 0 Å². The predicted molar refractivity (Wildman–Crippen MR) is 76.1 cm³/mol. The van der Waals surface area contributed by atoms with E-state index in [0.29, 0.717) is 0 Å². The summed E-state index contributed by atoms with van der Waals surface area (Å²) in [6, 6.07) is 2.02. The Bertz CT molecular complexity index is 557. The number of carbonyl (C=O) groups excluding carboxylic acids is 1. The van der Waals surface area contributed by atoms with Crippen molar-refractivity contribution in [1.29, 1.82) is 0 Å². The first-order valence-corrected chi connectivity index (χ1v) is 6.96. The zero-order valence-electron chi connectivity index (χ0n) is 11.6. The van der Waals surface area contributed by atoms with Gasteiger partial charge in [0.2, 0.25) is 0 Å². The highest BCUT2D eigenvalue weighted by Crippen LogP contribution is 2.26. The number of H-pyrrole nitrogens is 1. The summed E-state index contributed by atoms with van der Waals surface area (Å²) in [6.07, 6.45) is 5.12. The molecular weight excluding hydrogens is 274 g/mol. The summed E-state index contributed by atoms with van der Waals surface area (Å²) in [5.74, 6) is -0.338. The number of carbonyl (C=O) groups is 1. The van der Waals surface area contributed by atoms with E-state index in [1.54, 1.807) is 0 Å². The van der Waals surface area contributed by atoms with E-state index in [4.69, 9.17) is 10.9 Å². The Morgan fingerprint density at radius 1 is 1.43 bits per heavy atom. The number of amidine groups is 1. The van der Waals surface area contributed by atoms with Crippen molar-refractivity contribution in [2.45, 2.75) is 38.1 Å². The lowest BCUT2D eigenvalue weighted by Crippen LogP contribution is -2.50. The van der Waals surface area contributed by atoms with Gasteiger partial charge in [-0.25, -0.2) is 5.10 Å². The summed E-state index contributed by atoms with van der Waals surface area (Å²) in [5, 5.41) is 20.5. The highest BCUT2D eigenvalue weighted by molar-refractivity contribution is 5.96. The molecule has 2 rings (SSSR count). The minimum absolute atomic E-state index is 0.0142. The lowest BCUT2D eigenvalue weighted by molar-refractivity contribution is 0.0924. The predicted octanol–water partition coefficient (Wildman–Crippen LogP) is 0.195. The number of oxime groups is 1. The second kappa shape index (κ2) is 6.87. The molecular formula is C13H19N5O3. The van der Waals surface area contributed by atoms with Gasteiger partial charge in [0.15, 0.2) is 5.84 Å². The smallest absolute Gasteiger partial charge is 0.272 e. The van der Waals surface area contributed by atoms with Gasteiger partial charge >= 0.3 is 0 Å². The third-order valence-corrected chi connectivity index (χ3v) is 3.75. The molecule has 0 aliphatic heterocycles. The third kappa shape index (κ3) is 3.80. The average Bonchev–Trinajstić information content (AvgIpc) is 2.53. The first-order valence-electron chi connectivity index (χ1n) is 6.96. The SMILES string of the molecule is N/C(=N/O)C(NC(=O)c1ccc(=O)[nH]n1)C1CCCCC1. The van der Waals surface area contributed by atoms with Gasteiger partial charge in [-0.15, -0.1) is 0 Å². The van der Waals surface area contributed by atoms with Gasteiger partial charge in [-0.2, -0.15) is 5.10 Å². The van der Waals surface area contributed by atoms with Crippen molar-refractivity contribution in [2.75, 3.05) is 0 Å². The number of nitrogens with one attached hydrogen (secondary N) is 2. The van der Waals surface area contributed by atoms with Crippen LogP contribution < -0.4 is 16.6 Å². The van der Waals surface area contributed by atoms with Crippen LogP contribution in [-0.2, 0) is 0 Å². The summed E-state index contributed by atoms with van der Waals surface area (Å²) in [7, 11) is 0. The van der Waals surface area contributed by atoms with Crippen LogP contribution in [0.15, 0.2) is 22.1 Å². The molecule has 0 bridgehead atoms. The number of hydrogen-bond donors (Lipinski definition) is 4. The second-order valence-corrected chi connectivity index (χ2v) is 5.18. The second-order valence-electron chi connectivity index (χ2n) is 5.18. The third-order valence-electron chi connectivity index (χ3n) is 3.75. The molecule has 0 aromatic carbocycles. The minimum atomic E-state index is -0.531. The maximum absolute atomic E-state index is 12.1. The van der Waals surface area contributed by atoms with Crippen LogP contribution in [0.1, 0.15) is 42.6 Å². The van der Waals surface area contributed by atoms with Gasteiger partial charge in [0, 0.05) is 6.07 Å². The maximum Gasteiger partial charge on any atom is 0.272 e. The van der Waals surface area contributed by atoms with E-state index in [9.17, 15) is 9.59 Å². The Kier molecular flexibility index (Phi) is 4.91. The molecule has 1 fully saturated rings. The monoisotopic (exact) mass is 293 g/mol. The lowest BCUT2D eigenvalue weighted by atomic mass is 9.83. The average molecular weight is 293 g/mol. The van der Waals surface area contributed by atoms with Crippen molar-refractivity contribution in [1.82, 2.24) is 15.5 Å². The van der Waals surface area contributed by atoms with Crippen LogP contribution in [0.5, 0.6) is 0 Å². The van der Waals surface area contributed by atoms with E-state index in [-0.39, 0.29) is 23.0 Å². The van der Waals surface area contributed by atoms with Crippen molar-refractivity contribution >= 4 is 11.7 Å². The Morgan fingerprint density at radius 3 is 2.71 bits per heavy atom. The summed E-state index contributed by atoms with van der Waals surface area (Å²) in [4.78, 5) is 23.1. The molecule has 21 heavy (non-hydrogen) atoms. The molecule has 1 aromatic heterocycles. The fraction of sp³-hybridized carbons (Fsp3) is 0.538. The Hall–Kier alpha value is -2.38. The maximum atomic E-state index is 12.1. The molecule has 8 nitrogen and oxygen atoms in total. The lowest BCUT2D eigenvalue weighted by Gasteiger charge is -2.29. The van der Waals surface area contributed by atoms with Crippen LogP contribution in [0.25, 0.3) is 0 Å². The van der Waals surface area contributed by atoms with Crippen molar-refractivity contribution in [3.05, 3.63) is 28.2 Å². The fourth-order valence-electron chi connectivity index (χ4n) is 2.65. The fourth-order valence-corrected chi connectivity index (χ4v) is 2.65. The number of aromatic amines is 1. The molecule has 1 amide bonds. The van der Waals surface area contributed by atoms with E-state index in [2.05, 4.69) is 20.7 Å². The molecule has 5 N–H and O–H groups in total. The van der Waals surface area contributed by atoms with Crippen LogP contribution in [0.4, 0.5) is 0 Å². The van der Waals surface area contributed by atoms with Gasteiger partial charge in [0.05, 0.1) is 6.04 Å². The Morgan fingerprint density at radius 2 is 2.14 bits per heavy atom. The molecule has 0 radical (unpaired) electrons. The van der Waals surface area contributed by atoms with E-state index in [1.807, 2.05) is 0 Å². The number of aromatic nitrogens is 2. The molecule has 1 unspecified atom stereocenters. The normalized spacial score (nSPS) is 18.2. The van der Waals surface area contributed by atoms with Crippen molar-refractivity contribution in [3.63, 3.8) is 0 Å². The van der Waals surface area contributed by atoms with E-state index in [0.717, 1.165) is 32.1 Å². The molecule has 0 saturated heterocycles. The molecule has 1 heterocycles. The largest absolute Gasteiger partial charge is 0.409 e. The molecule has 1 aromatic rings. The summed E-state index contributed by atoms with van der Waals surface area (Å²) >= 11 is 0. The summed E-state index contributed by atoms with van der Waals surface area (Å²) in [6.45, 7) is 0. The van der Waals surface area contributed by atoms with E-state index >= 15 is 0 Å². The molecule has 1 saturated carbocycles. The molecule has 1 atom stereocenters. The molecule has 1 aliphatic carbocycles. The van der Waals surface area contributed by atoms with Crippen molar-refractivity contribution in [2.24, 2.45) is 16.8 Å². The quantitative estimate of drug-likeness (QED) is 0.272. The van der Waals surface area contributed by atoms with Gasteiger partial charge < -0.3 is 16.3 Å². The first-order chi connectivity index (χ1) is 10.1. The Labute approximate surface area is 121 Å². The van der Waals surface area contributed by atoms with Gasteiger partial charge in [-0.1, -0.05) is 24.4 Å². The van der Waals surface area contributed by atoms with E-state index in [1.165, 1.54) is 12.1 Å². The van der Waals surface area contributed by atoms with Crippen LogP contribution in [-0.4, -0.2) is 33.2 Å². The highest BCUT2D eigenvalue weighted by atomic mass is 16.4. The highest BCUT2D eigenvalue weighted by Gasteiger charge is 2.29. The van der Waals surface area contributed by atoms with Gasteiger partial charge in [-0.3, -0.25) is 9.59 Å². The van der Waals surface area contributed by atoms with Crippen LogP contribution in [0, 0.1) is 5.92 Å². The van der Waals surface area contributed by atoms with E-state index < -0.39 is 11.9 Å². The van der Waals surface area contributed by atoms with Gasteiger partial charge in [0.25, 0.3) is 11.5 Å². The summed E-state index contributed by atoms with van der Waals surface area (Å²) in [5.41, 5.74) is 5.41. The first kappa shape index (κ1) is 15.0. The summed E-state index contributed by atoms with van der Waals surface area (Å²) < 4.78 is 0. The molecule has 1 aliphatic rings. The number of amides is 1. The molecule has 0 spiro atoms. The van der Waals surface area contributed by atoms with Crippen molar-refractivity contribution in [3.8, 4) is 0 Å². The standard InChI is InChI=1S/C13H19N5O3/c14-12(18-21)11(8-4-2-1-3-5-8)15-13(20)9-6-7-10(19)17-16-9/h6-8,11,21H,1-5H2,(H2,14,18)(H,15,20)(H,17,19). The van der Waals surface area contributed by atoms with Crippen LogP contribution >= 0.6 is 0 Å². The number of rotatable bonds is 4. The minimum Gasteiger partial charge on any atom is -0.409 e. The number of nitrogens with two attached hydrogens (primary N) is 1.